The number of hydrogen-bond acceptors (Lipinski definition) is 2. The normalized spacial score (nSPS) is 14.9. The van der Waals surface area contributed by atoms with Gasteiger partial charge in [-0.3, -0.25) is 9.59 Å². The van der Waals surface area contributed by atoms with Crippen molar-refractivity contribution in [1.82, 2.24) is 0 Å². The first-order valence-electron chi connectivity index (χ1n) is 8.43. The zero-order chi connectivity index (χ0) is 18.7. The molecule has 0 spiro atoms. The third kappa shape index (κ3) is 5.31. The first kappa shape index (κ1) is 20.6. The van der Waals surface area contributed by atoms with E-state index in [1.54, 1.807) is 13.8 Å². The number of carboxylic acid groups (broad SMARTS) is 2. The first-order valence-corrected chi connectivity index (χ1v) is 14.8. The van der Waals surface area contributed by atoms with Gasteiger partial charge in [0, 0.05) is 0 Å². The average Bonchev–Trinajstić information content (AvgIpc) is 2.46. The summed E-state index contributed by atoms with van der Waals surface area (Å²) < 4.78 is 0. The van der Waals surface area contributed by atoms with Gasteiger partial charge in [0.05, 0.1) is 28.0 Å². The Kier molecular flexibility index (Phi) is 6.58. The van der Waals surface area contributed by atoms with E-state index < -0.39 is 28.1 Å². The predicted octanol–water partition coefficient (Wildman–Crippen LogP) is 2.96. The van der Waals surface area contributed by atoms with Gasteiger partial charge in [0.25, 0.3) is 0 Å². The minimum atomic E-state index is -1.80. The van der Waals surface area contributed by atoms with Gasteiger partial charge >= 0.3 is 11.9 Å². The lowest BCUT2D eigenvalue weighted by Crippen LogP contribution is -2.47. The molecule has 24 heavy (non-hydrogen) atoms. The molecule has 1 rings (SSSR count). The molecule has 2 atom stereocenters. The number of hydrogen-bond donors (Lipinski definition) is 2. The van der Waals surface area contributed by atoms with Gasteiger partial charge in [0.15, 0.2) is 0 Å². The summed E-state index contributed by atoms with van der Waals surface area (Å²) in [6.07, 6.45) is 0. The van der Waals surface area contributed by atoms with E-state index in [4.69, 9.17) is 10.2 Å². The predicted molar refractivity (Wildman–Crippen MR) is 104 cm³/mol. The second-order valence-electron chi connectivity index (χ2n) is 8.23. The van der Waals surface area contributed by atoms with Crippen LogP contribution in [0.1, 0.15) is 13.8 Å². The van der Waals surface area contributed by atoms with Gasteiger partial charge in [-0.15, -0.1) is 0 Å². The van der Waals surface area contributed by atoms with Gasteiger partial charge in [-0.05, 0) is 12.1 Å². The van der Waals surface area contributed by atoms with Crippen LogP contribution < -0.4 is 10.4 Å². The second kappa shape index (κ2) is 7.65. The molecule has 0 amide bonds. The molecule has 134 valence electrons. The van der Waals surface area contributed by atoms with Crippen LogP contribution in [0.2, 0.25) is 38.3 Å². The number of carbonyl (C=O) groups is 2. The molecular formula is C18H30O4Si2. The first-order chi connectivity index (χ1) is 10.9. The zero-order valence-corrected chi connectivity index (χ0v) is 17.6. The molecule has 1 aromatic rings. The molecule has 0 aliphatic carbocycles. The molecule has 0 fully saturated rings. The lowest BCUT2D eigenvalue weighted by atomic mass is 10.2. The standard InChI is InChI=1S/C18H30O4Si2/c1-13(17(19)20)11-23(3,4)15-7-9-16(10-8-15)24(5,6)12-14(2)18(21)22/h7-10,13-14H,11-12H2,1-6H3,(H,19,20)(H,21,22). The highest BCUT2D eigenvalue weighted by atomic mass is 28.3. The Balaban J connectivity index is 2.95. The van der Waals surface area contributed by atoms with Crippen LogP contribution in [-0.4, -0.2) is 38.3 Å². The van der Waals surface area contributed by atoms with E-state index in [1.807, 2.05) is 0 Å². The van der Waals surface area contributed by atoms with Crippen molar-refractivity contribution >= 4 is 38.5 Å². The van der Waals surface area contributed by atoms with E-state index in [0.29, 0.717) is 0 Å². The molecule has 6 heteroatoms. The molecule has 0 saturated heterocycles. The van der Waals surface area contributed by atoms with Crippen LogP contribution >= 0.6 is 0 Å². The molecule has 1 aromatic carbocycles. The van der Waals surface area contributed by atoms with Gasteiger partial charge in [-0.2, -0.15) is 0 Å². The van der Waals surface area contributed by atoms with Crippen molar-refractivity contribution in [1.29, 1.82) is 0 Å². The van der Waals surface area contributed by atoms with E-state index in [0.717, 1.165) is 12.1 Å². The number of benzene rings is 1. The molecule has 0 aromatic heterocycles. The maximum absolute atomic E-state index is 11.1. The Hall–Kier alpha value is -1.41. The summed E-state index contributed by atoms with van der Waals surface area (Å²) in [7, 11) is -3.59. The van der Waals surface area contributed by atoms with Gasteiger partial charge < -0.3 is 10.2 Å². The largest absolute Gasteiger partial charge is 0.481 e. The highest BCUT2D eigenvalue weighted by Crippen LogP contribution is 2.19. The Bertz CT molecular complexity index is 541. The van der Waals surface area contributed by atoms with Crippen molar-refractivity contribution in [3.05, 3.63) is 24.3 Å². The van der Waals surface area contributed by atoms with Crippen LogP contribution in [0.25, 0.3) is 0 Å². The number of rotatable bonds is 8. The molecule has 0 aliphatic heterocycles. The van der Waals surface area contributed by atoms with Crippen molar-refractivity contribution in [2.24, 2.45) is 11.8 Å². The summed E-state index contributed by atoms with van der Waals surface area (Å²) in [6.45, 7) is 12.4. The third-order valence-electron chi connectivity index (χ3n) is 4.92. The van der Waals surface area contributed by atoms with Gasteiger partial charge in [0.1, 0.15) is 0 Å². The van der Waals surface area contributed by atoms with E-state index >= 15 is 0 Å². The van der Waals surface area contributed by atoms with E-state index in [1.165, 1.54) is 10.4 Å². The monoisotopic (exact) mass is 366 g/mol. The molecule has 2 N–H and O–H groups in total. The molecule has 0 aliphatic rings. The van der Waals surface area contributed by atoms with E-state index in [9.17, 15) is 9.59 Å². The summed E-state index contributed by atoms with van der Waals surface area (Å²) in [5.74, 6) is -2.12. The molecule has 0 radical (unpaired) electrons. The van der Waals surface area contributed by atoms with Crippen LogP contribution in [0.3, 0.4) is 0 Å². The fraction of sp³-hybridized carbons (Fsp3) is 0.556. The van der Waals surface area contributed by atoms with Gasteiger partial charge in [-0.1, -0.05) is 74.7 Å². The third-order valence-corrected chi connectivity index (χ3v) is 12.0. The fourth-order valence-corrected chi connectivity index (χ4v) is 9.33. The summed E-state index contributed by atoms with van der Waals surface area (Å²) in [5, 5.41) is 20.8. The lowest BCUT2D eigenvalue weighted by molar-refractivity contribution is -0.141. The molecule has 4 nitrogen and oxygen atoms in total. The smallest absolute Gasteiger partial charge is 0.305 e. The molecular weight excluding hydrogens is 336 g/mol. The zero-order valence-electron chi connectivity index (χ0n) is 15.6. The van der Waals surface area contributed by atoms with E-state index in [-0.39, 0.29) is 11.8 Å². The van der Waals surface area contributed by atoms with Crippen molar-refractivity contribution in [2.75, 3.05) is 0 Å². The van der Waals surface area contributed by atoms with Crippen LogP contribution in [0, 0.1) is 11.8 Å². The number of carboxylic acids is 2. The van der Waals surface area contributed by atoms with Crippen molar-refractivity contribution in [3.63, 3.8) is 0 Å². The number of aliphatic carboxylic acids is 2. The quantitative estimate of drug-likeness (QED) is 0.694. The van der Waals surface area contributed by atoms with Crippen molar-refractivity contribution < 1.29 is 19.8 Å². The highest BCUT2D eigenvalue weighted by molar-refractivity contribution is 6.91. The van der Waals surface area contributed by atoms with Crippen molar-refractivity contribution in [2.45, 2.75) is 52.1 Å². The highest BCUT2D eigenvalue weighted by Gasteiger charge is 2.31. The fourth-order valence-electron chi connectivity index (χ4n) is 3.31. The Morgan fingerprint density at radius 3 is 1.25 bits per heavy atom. The topological polar surface area (TPSA) is 74.6 Å². The van der Waals surface area contributed by atoms with Crippen LogP contribution in [0.4, 0.5) is 0 Å². The summed E-state index contributed by atoms with van der Waals surface area (Å²) in [6, 6.07) is 9.98. The average molecular weight is 367 g/mol. The summed E-state index contributed by atoms with van der Waals surface area (Å²) >= 11 is 0. The van der Waals surface area contributed by atoms with Crippen molar-refractivity contribution in [3.8, 4) is 0 Å². The Morgan fingerprint density at radius 2 is 1.04 bits per heavy atom. The summed E-state index contributed by atoms with van der Waals surface area (Å²) in [4.78, 5) is 22.3. The van der Waals surface area contributed by atoms with Crippen LogP contribution in [0.15, 0.2) is 24.3 Å². The Morgan fingerprint density at radius 1 is 0.792 bits per heavy atom. The lowest BCUT2D eigenvalue weighted by Gasteiger charge is -2.28. The minimum absolute atomic E-state index is 0.325. The SMILES string of the molecule is CC(C[Si](C)(C)c1ccc([Si](C)(C)CC(C)C(=O)O)cc1)C(=O)O. The second-order valence-corrected chi connectivity index (χ2v) is 17.7. The molecule has 0 heterocycles. The Labute approximate surface area is 146 Å². The summed E-state index contributed by atoms with van der Waals surface area (Å²) in [5.41, 5.74) is 0. The van der Waals surface area contributed by atoms with E-state index in [2.05, 4.69) is 50.5 Å². The maximum atomic E-state index is 11.1. The molecule has 2 unspecified atom stereocenters. The maximum Gasteiger partial charge on any atom is 0.305 e. The molecule has 0 bridgehead atoms. The van der Waals surface area contributed by atoms with Crippen LogP contribution in [-0.2, 0) is 9.59 Å². The van der Waals surface area contributed by atoms with Gasteiger partial charge in [0.2, 0.25) is 0 Å². The van der Waals surface area contributed by atoms with Gasteiger partial charge in [-0.25, -0.2) is 0 Å². The van der Waals surface area contributed by atoms with Crippen LogP contribution in [0.5, 0.6) is 0 Å². The minimum Gasteiger partial charge on any atom is -0.481 e. The molecule has 0 saturated carbocycles.